The first-order valence-electron chi connectivity index (χ1n) is 9.26. The molecule has 2 atom stereocenters. The first-order chi connectivity index (χ1) is 13.3. The molecule has 0 bridgehead atoms. The Labute approximate surface area is 166 Å². The van der Waals surface area contributed by atoms with Gasteiger partial charge in [-0.2, -0.15) is 0 Å². The summed E-state index contributed by atoms with van der Waals surface area (Å²) in [5.41, 5.74) is 1.06. The molecule has 1 aromatic heterocycles. The molecule has 0 radical (unpaired) electrons. The molecular formula is C21H29N3O4. The predicted molar refractivity (Wildman–Crippen MR) is 107 cm³/mol. The molecule has 1 aromatic carbocycles. The van der Waals surface area contributed by atoms with Gasteiger partial charge in [0.15, 0.2) is 5.76 Å². The number of hydrogen-bond donors (Lipinski definition) is 2. The predicted octanol–water partition coefficient (Wildman–Crippen LogP) is 2.46. The first kappa shape index (κ1) is 21.5. The van der Waals surface area contributed by atoms with Crippen molar-refractivity contribution in [1.29, 1.82) is 0 Å². The summed E-state index contributed by atoms with van der Waals surface area (Å²) in [5, 5.41) is 5.72. The quantitative estimate of drug-likeness (QED) is 0.691. The van der Waals surface area contributed by atoms with E-state index in [4.69, 9.17) is 9.15 Å². The maximum atomic E-state index is 12.8. The van der Waals surface area contributed by atoms with Gasteiger partial charge in [0, 0.05) is 6.54 Å². The van der Waals surface area contributed by atoms with Crippen LogP contribution in [0.1, 0.15) is 36.0 Å². The minimum atomic E-state index is -0.656. The largest absolute Gasteiger partial charge is 0.497 e. The van der Waals surface area contributed by atoms with E-state index in [-0.39, 0.29) is 23.6 Å². The van der Waals surface area contributed by atoms with E-state index in [2.05, 4.69) is 10.6 Å². The normalized spacial score (nSPS) is 13.2. The number of likely N-dealkylation sites (N-methyl/N-ethyl adjacent to an activating group) is 1. The number of benzene rings is 1. The Balaban J connectivity index is 2.03. The SMILES string of the molecule is COc1ccc(C(CNC(=O)C(NC(=O)c2ccco2)C(C)C)N(C)C)cc1. The van der Waals surface area contributed by atoms with Gasteiger partial charge in [-0.15, -0.1) is 0 Å². The fourth-order valence-corrected chi connectivity index (χ4v) is 2.89. The van der Waals surface area contributed by atoms with E-state index in [9.17, 15) is 9.59 Å². The fourth-order valence-electron chi connectivity index (χ4n) is 2.89. The second-order valence-corrected chi connectivity index (χ2v) is 7.17. The number of furan rings is 1. The third kappa shape index (κ3) is 5.60. The van der Waals surface area contributed by atoms with Crippen LogP contribution in [0.15, 0.2) is 47.1 Å². The van der Waals surface area contributed by atoms with Gasteiger partial charge in [-0.25, -0.2) is 0 Å². The van der Waals surface area contributed by atoms with Crippen molar-refractivity contribution in [1.82, 2.24) is 15.5 Å². The maximum Gasteiger partial charge on any atom is 0.287 e. The zero-order chi connectivity index (χ0) is 20.7. The summed E-state index contributed by atoms with van der Waals surface area (Å²) in [5.74, 6) is 0.264. The van der Waals surface area contributed by atoms with Gasteiger partial charge in [-0.3, -0.25) is 9.59 Å². The lowest BCUT2D eigenvalue weighted by Gasteiger charge is -2.27. The van der Waals surface area contributed by atoms with Gasteiger partial charge in [-0.1, -0.05) is 26.0 Å². The van der Waals surface area contributed by atoms with E-state index in [0.29, 0.717) is 6.54 Å². The average molecular weight is 387 g/mol. The Kier molecular flexibility index (Phi) is 7.63. The number of carbonyl (C=O) groups is 2. The minimum absolute atomic E-state index is 0.0107. The molecule has 0 saturated heterocycles. The van der Waals surface area contributed by atoms with Crippen LogP contribution in [0.2, 0.25) is 0 Å². The van der Waals surface area contributed by atoms with Crippen LogP contribution in [0, 0.1) is 5.92 Å². The third-order valence-corrected chi connectivity index (χ3v) is 4.57. The van der Waals surface area contributed by atoms with Crippen molar-refractivity contribution >= 4 is 11.8 Å². The highest BCUT2D eigenvalue weighted by Crippen LogP contribution is 2.21. The molecule has 2 unspecified atom stereocenters. The third-order valence-electron chi connectivity index (χ3n) is 4.57. The van der Waals surface area contributed by atoms with Gasteiger partial charge in [0.2, 0.25) is 5.91 Å². The molecule has 7 heteroatoms. The molecule has 0 aliphatic carbocycles. The molecule has 0 fully saturated rings. The van der Waals surface area contributed by atoms with Gasteiger partial charge in [0.25, 0.3) is 5.91 Å². The number of hydrogen-bond acceptors (Lipinski definition) is 5. The highest BCUT2D eigenvalue weighted by atomic mass is 16.5. The molecule has 2 amide bonds. The molecule has 0 aliphatic heterocycles. The Bertz CT molecular complexity index is 754. The van der Waals surface area contributed by atoms with Crippen LogP contribution in [0.5, 0.6) is 5.75 Å². The number of carbonyl (C=O) groups excluding carboxylic acids is 2. The number of nitrogens with zero attached hydrogens (tertiary/aromatic N) is 1. The number of rotatable bonds is 9. The zero-order valence-corrected chi connectivity index (χ0v) is 17.1. The van der Waals surface area contributed by atoms with Gasteiger partial charge < -0.3 is 24.7 Å². The first-order valence-corrected chi connectivity index (χ1v) is 9.26. The van der Waals surface area contributed by atoms with Crippen LogP contribution in [0.25, 0.3) is 0 Å². The van der Waals surface area contributed by atoms with Crippen LogP contribution in [0.4, 0.5) is 0 Å². The number of amides is 2. The molecule has 1 heterocycles. The molecule has 152 valence electrons. The van der Waals surface area contributed by atoms with E-state index in [0.717, 1.165) is 11.3 Å². The van der Waals surface area contributed by atoms with E-state index in [1.165, 1.54) is 6.26 Å². The molecule has 2 rings (SSSR count). The highest BCUT2D eigenvalue weighted by molar-refractivity contribution is 5.95. The van der Waals surface area contributed by atoms with Crippen LogP contribution < -0.4 is 15.4 Å². The summed E-state index contributed by atoms with van der Waals surface area (Å²) < 4.78 is 10.3. The molecule has 2 aromatic rings. The summed E-state index contributed by atoms with van der Waals surface area (Å²) in [7, 11) is 5.54. The minimum Gasteiger partial charge on any atom is -0.497 e. The molecule has 7 nitrogen and oxygen atoms in total. The van der Waals surface area contributed by atoms with E-state index in [1.54, 1.807) is 19.2 Å². The molecular weight excluding hydrogens is 358 g/mol. The van der Waals surface area contributed by atoms with Crippen molar-refractivity contribution in [3.8, 4) is 5.75 Å². The molecule has 0 spiro atoms. The topological polar surface area (TPSA) is 83.8 Å². The Morgan fingerprint density at radius 3 is 2.32 bits per heavy atom. The van der Waals surface area contributed by atoms with Crippen LogP contribution in [-0.4, -0.2) is 50.5 Å². The number of methoxy groups -OCH3 is 1. The van der Waals surface area contributed by atoms with E-state index >= 15 is 0 Å². The summed E-state index contributed by atoms with van der Waals surface area (Å²) in [6, 6.07) is 10.3. The Morgan fingerprint density at radius 1 is 1.14 bits per heavy atom. The number of ether oxygens (including phenoxy) is 1. The maximum absolute atomic E-state index is 12.8. The zero-order valence-electron chi connectivity index (χ0n) is 17.1. The molecule has 0 aliphatic rings. The second kappa shape index (κ2) is 9.94. The highest BCUT2D eigenvalue weighted by Gasteiger charge is 2.26. The average Bonchev–Trinajstić information content (AvgIpc) is 3.20. The molecule has 28 heavy (non-hydrogen) atoms. The monoisotopic (exact) mass is 387 g/mol. The van der Waals surface area contributed by atoms with E-state index in [1.807, 2.05) is 57.1 Å². The van der Waals surface area contributed by atoms with Crippen molar-refractivity contribution in [2.75, 3.05) is 27.7 Å². The summed E-state index contributed by atoms with van der Waals surface area (Å²) >= 11 is 0. The van der Waals surface area contributed by atoms with Crippen LogP contribution >= 0.6 is 0 Å². The van der Waals surface area contributed by atoms with Crippen LogP contribution in [0.3, 0.4) is 0 Å². The molecule has 0 saturated carbocycles. The second-order valence-electron chi connectivity index (χ2n) is 7.17. The number of nitrogens with one attached hydrogen (secondary N) is 2. The van der Waals surface area contributed by atoms with Gasteiger partial charge in [0.05, 0.1) is 19.4 Å². The van der Waals surface area contributed by atoms with Gasteiger partial charge in [0.1, 0.15) is 11.8 Å². The Hall–Kier alpha value is -2.80. The Morgan fingerprint density at radius 2 is 1.82 bits per heavy atom. The van der Waals surface area contributed by atoms with Gasteiger partial charge >= 0.3 is 0 Å². The fraction of sp³-hybridized carbons (Fsp3) is 0.429. The van der Waals surface area contributed by atoms with Crippen molar-refractivity contribution in [2.24, 2.45) is 5.92 Å². The van der Waals surface area contributed by atoms with Crippen LogP contribution in [-0.2, 0) is 4.79 Å². The summed E-state index contributed by atoms with van der Waals surface area (Å²) in [6.45, 7) is 4.19. The smallest absolute Gasteiger partial charge is 0.287 e. The lowest BCUT2D eigenvalue weighted by molar-refractivity contribution is -0.124. The van der Waals surface area contributed by atoms with Crippen molar-refractivity contribution in [3.63, 3.8) is 0 Å². The lowest BCUT2D eigenvalue weighted by Crippen LogP contribution is -2.50. The standard InChI is InChI=1S/C21H29N3O4/c1-14(2)19(23-20(25)18-7-6-12-28-18)21(26)22-13-17(24(3)4)15-8-10-16(27-5)11-9-15/h6-12,14,17,19H,13H2,1-5H3,(H,22,26)(H,23,25). The summed E-state index contributed by atoms with van der Waals surface area (Å²) in [6.07, 6.45) is 1.43. The van der Waals surface area contributed by atoms with Crippen molar-refractivity contribution in [2.45, 2.75) is 25.9 Å². The van der Waals surface area contributed by atoms with E-state index < -0.39 is 11.9 Å². The summed E-state index contributed by atoms with van der Waals surface area (Å²) in [4.78, 5) is 27.0. The van der Waals surface area contributed by atoms with Crippen molar-refractivity contribution in [3.05, 3.63) is 54.0 Å². The van der Waals surface area contributed by atoms with Gasteiger partial charge in [-0.05, 0) is 49.8 Å². The lowest BCUT2D eigenvalue weighted by atomic mass is 10.0. The molecule has 2 N–H and O–H groups in total. The van der Waals surface area contributed by atoms with Crippen molar-refractivity contribution < 1.29 is 18.7 Å².